The number of sulfonamides is 1. The van der Waals surface area contributed by atoms with Crippen molar-refractivity contribution < 1.29 is 22.7 Å². The number of nitrogens with zero attached hydrogens (tertiary/aromatic N) is 3. The fraction of sp³-hybridized carbons (Fsp3) is 0.0909. The third-order valence-electron chi connectivity index (χ3n) is 4.86. The van der Waals surface area contributed by atoms with E-state index < -0.39 is 21.8 Å². The molecule has 1 aromatic heterocycles. The first kappa shape index (κ1) is 24.5. The number of amides is 2. The molecule has 0 fully saturated rings. The topological polar surface area (TPSA) is 131 Å². The van der Waals surface area contributed by atoms with Gasteiger partial charge in [-0.15, -0.1) is 0 Å². The fourth-order valence-corrected chi connectivity index (χ4v) is 4.54. The molecule has 0 aliphatic carbocycles. The van der Waals surface area contributed by atoms with E-state index in [2.05, 4.69) is 20.0 Å². The molecule has 180 valence electrons. The lowest BCUT2D eigenvalue weighted by atomic mass is 10.2. The Morgan fingerprint density at radius 1 is 1.00 bits per heavy atom. The quantitative estimate of drug-likeness (QED) is 0.439. The number of methoxy groups -OCH3 is 1. The maximum Gasteiger partial charge on any atom is 0.283 e. The highest BCUT2D eigenvalue weighted by atomic mass is 35.5. The SMILES string of the molecule is COc1ccc(Cl)cc1N1C(=O)C(Cl)=C(Nc2ccc(S(=O)(=O)Nc3nccc(C)n3)cc2)C1=O. The van der Waals surface area contributed by atoms with Crippen LogP contribution >= 0.6 is 23.2 Å². The smallest absolute Gasteiger partial charge is 0.283 e. The van der Waals surface area contributed by atoms with Crippen LogP contribution in [0.2, 0.25) is 5.02 Å². The molecular weight excluding hydrogens is 517 g/mol. The second-order valence-corrected chi connectivity index (χ2v) is 9.72. The Bertz CT molecular complexity index is 1480. The number of ether oxygens (including phenoxy) is 1. The van der Waals surface area contributed by atoms with Crippen LogP contribution in [0.15, 0.2) is 70.4 Å². The molecule has 4 rings (SSSR count). The van der Waals surface area contributed by atoms with Gasteiger partial charge in [-0.2, -0.15) is 0 Å². The summed E-state index contributed by atoms with van der Waals surface area (Å²) in [7, 11) is -2.57. The van der Waals surface area contributed by atoms with Crippen molar-refractivity contribution in [1.29, 1.82) is 0 Å². The highest BCUT2D eigenvalue weighted by molar-refractivity contribution is 7.92. The molecule has 10 nitrogen and oxygen atoms in total. The number of carbonyl (C=O) groups is 2. The van der Waals surface area contributed by atoms with Crippen molar-refractivity contribution in [2.75, 3.05) is 22.0 Å². The van der Waals surface area contributed by atoms with Crippen LogP contribution in [0.3, 0.4) is 0 Å². The van der Waals surface area contributed by atoms with Crippen molar-refractivity contribution in [3.63, 3.8) is 0 Å². The minimum atomic E-state index is -3.96. The van der Waals surface area contributed by atoms with Crippen molar-refractivity contribution in [3.8, 4) is 5.75 Å². The van der Waals surface area contributed by atoms with Crippen molar-refractivity contribution in [2.24, 2.45) is 0 Å². The first-order valence-electron chi connectivity index (χ1n) is 9.92. The summed E-state index contributed by atoms with van der Waals surface area (Å²) in [5.74, 6) is -1.30. The molecule has 0 unspecified atom stereocenters. The standard InChI is InChI=1S/C22H17Cl2N5O5S/c1-12-9-10-25-22(26-12)28-35(32,33)15-6-4-14(5-7-15)27-19-18(24)20(30)29(21(19)31)16-11-13(23)3-8-17(16)34-2/h3-11,27H,1-2H3,(H,25,26,28). The molecule has 0 bridgehead atoms. The molecule has 2 heterocycles. The molecule has 13 heteroatoms. The molecule has 0 spiro atoms. The number of aromatic nitrogens is 2. The van der Waals surface area contributed by atoms with Gasteiger partial charge in [-0.1, -0.05) is 23.2 Å². The average molecular weight is 534 g/mol. The summed E-state index contributed by atoms with van der Waals surface area (Å²) in [5, 5.41) is 2.73. The Morgan fingerprint density at radius 2 is 1.71 bits per heavy atom. The molecule has 2 amide bonds. The van der Waals surface area contributed by atoms with Crippen LogP contribution in [-0.4, -0.2) is 37.3 Å². The lowest BCUT2D eigenvalue weighted by Crippen LogP contribution is -2.32. The van der Waals surface area contributed by atoms with E-state index in [4.69, 9.17) is 27.9 Å². The first-order valence-corrected chi connectivity index (χ1v) is 12.2. The zero-order valence-electron chi connectivity index (χ0n) is 18.2. The Labute approximate surface area is 210 Å². The molecule has 0 saturated carbocycles. The Hall–Kier alpha value is -3.67. The van der Waals surface area contributed by atoms with Gasteiger partial charge in [0.1, 0.15) is 16.5 Å². The number of benzene rings is 2. The number of hydrogen-bond donors (Lipinski definition) is 2. The largest absolute Gasteiger partial charge is 0.495 e. The second-order valence-electron chi connectivity index (χ2n) is 7.23. The number of aryl methyl sites for hydroxylation is 1. The van der Waals surface area contributed by atoms with Gasteiger partial charge in [-0.25, -0.2) is 28.0 Å². The average Bonchev–Trinajstić information content (AvgIpc) is 3.02. The maximum atomic E-state index is 13.0. The summed E-state index contributed by atoms with van der Waals surface area (Å²) < 4.78 is 32.8. The van der Waals surface area contributed by atoms with Gasteiger partial charge in [0, 0.05) is 22.6 Å². The predicted molar refractivity (Wildman–Crippen MR) is 131 cm³/mol. The summed E-state index contributed by atoms with van der Waals surface area (Å²) >= 11 is 12.2. The fourth-order valence-electron chi connectivity index (χ4n) is 3.21. The van der Waals surface area contributed by atoms with Gasteiger partial charge in [0.25, 0.3) is 21.8 Å². The van der Waals surface area contributed by atoms with Crippen LogP contribution in [0.4, 0.5) is 17.3 Å². The highest BCUT2D eigenvalue weighted by Gasteiger charge is 2.40. The molecule has 2 N–H and O–H groups in total. The van der Waals surface area contributed by atoms with E-state index in [1.54, 1.807) is 19.1 Å². The molecule has 2 aromatic carbocycles. The second kappa shape index (κ2) is 9.53. The zero-order valence-corrected chi connectivity index (χ0v) is 20.6. The van der Waals surface area contributed by atoms with Crippen LogP contribution in [0.1, 0.15) is 5.69 Å². The van der Waals surface area contributed by atoms with Crippen LogP contribution in [-0.2, 0) is 19.6 Å². The molecule has 1 aliphatic rings. The normalized spacial score (nSPS) is 13.9. The van der Waals surface area contributed by atoms with Crippen LogP contribution in [0.5, 0.6) is 5.75 Å². The van der Waals surface area contributed by atoms with Crippen LogP contribution in [0.25, 0.3) is 0 Å². The summed E-state index contributed by atoms with van der Waals surface area (Å²) in [6, 6.07) is 11.6. The van der Waals surface area contributed by atoms with E-state index in [9.17, 15) is 18.0 Å². The molecule has 0 saturated heterocycles. The minimum absolute atomic E-state index is 0.0595. The number of rotatable bonds is 7. The van der Waals surface area contributed by atoms with E-state index in [1.165, 1.54) is 49.7 Å². The molecule has 0 radical (unpaired) electrons. The number of carbonyl (C=O) groups excluding carboxylic acids is 2. The Balaban J connectivity index is 1.55. The third-order valence-corrected chi connectivity index (χ3v) is 6.79. The summed E-state index contributed by atoms with van der Waals surface area (Å²) in [6.07, 6.45) is 1.44. The van der Waals surface area contributed by atoms with Gasteiger partial charge < -0.3 is 10.1 Å². The van der Waals surface area contributed by atoms with Gasteiger partial charge in [0.2, 0.25) is 5.95 Å². The number of imide groups is 1. The lowest BCUT2D eigenvalue weighted by Gasteiger charge is -2.18. The van der Waals surface area contributed by atoms with Crippen LogP contribution < -0.4 is 19.7 Å². The minimum Gasteiger partial charge on any atom is -0.495 e. The van der Waals surface area contributed by atoms with E-state index in [0.717, 1.165) is 4.90 Å². The number of halogens is 2. The highest BCUT2D eigenvalue weighted by Crippen LogP contribution is 2.37. The van der Waals surface area contributed by atoms with Crippen molar-refractivity contribution in [2.45, 2.75) is 11.8 Å². The summed E-state index contributed by atoms with van der Waals surface area (Å²) in [4.78, 5) is 34.5. The van der Waals surface area contributed by atoms with Crippen LogP contribution in [0, 0.1) is 6.92 Å². The maximum absolute atomic E-state index is 13.0. The zero-order chi connectivity index (χ0) is 25.3. The van der Waals surface area contributed by atoms with Gasteiger partial charge in [0.05, 0.1) is 17.7 Å². The Morgan fingerprint density at radius 3 is 2.37 bits per heavy atom. The molecule has 1 aliphatic heterocycles. The van der Waals surface area contributed by atoms with E-state index in [-0.39, 0.29) is 33.0 Å². The molecular formula is C22H17Cl2N5O5S. The molecule has 35 heavy (non-hydrogen) atoms. The van der Waals surface area contributed by atoms with E-state index >= 15 is 0 Å². The van der Waals surface area contributed by atoms with Gasteiger partial charge in [-0.05, 0) is 55.5 Å². The Kier molecular flexibility index (Phi) is 6.66. The predicted octanol–water partition coefficient (Wildman–Crippen LogP) is 3.68. The number of nitrogens with one attached hydrogen (secondary N) is 2. The molecule has 3 aromatic rings. The summed E-state index contributed by atoms with van der Waals surface area (Å²) in [6.45, 7) is 1.71. The van der Waals surface area contributed by atoms with Crippen molar-refractivity contribution in [3.05, 3.63) is 76.2 Å². The third kappa shape index (κ3) is 4.92. The monoisotopic (exact) mass is 533 g/mol. The molecule has 0 atom stereocenters. The van der Waals surface area contributed by atoms with Gasteiger partial charge in [0.15, 0.2) is 0 Å². The number of hydrogen-bond acceptors (Lipinski definition) is 8. The van der Waals surface area contributed by atoms with Gasteiger partial charge >= 0.3 is 0 Å². The van der Waals surface area contributed by atoms with Crippen molar-refractivity contribution in [1.82, 2.24) is 9.97 Å². The number of anilines is 3. The van der Waals surface area contributed by atoms with E-state index in [1.807, 2.05) is 0 Å². The first-order chi connectivity index (χ1) is 16.6. The van der Waals surface area contributed by atoms with Crippen molar-refractivity contribution >= 4 is 62.4 Å². The lowest BCUT2D eigenvalue weighted by molar-refractivity contribution is -0.120. The van der Waals surface area contributed by atoms with E-state index in [0.29, 0.717) is 16.4 Å². The summed E-state index contributed by atoms with van der Waals surface area (Å²) in [5.41, 5.74) is 0.879. The van der Waals surface area contributed by atoms with Gasteiger partial charge in [-0.3, -0.25) is 9.59 Å².